The Kier molecular flexibility index (Phi) is 5.71. The SMILES string of the molecule is CC(C)c1cc(Oc2ccc(CP(=O)(O)OCl)cc2)ccc1O. The molecule has 2 rings (SSSR count). The summed E-state index contributed by atoms with van der Waals surface area (Å²) in [7, 11) is -3.80. The summed E-state index contributed by atoms with van der Waals surface area (Å²) in [4.78, 5) is 9.34. The van der Waals surface area contributed by atoms with Crippen LogP contribution in [0.5, 0.6) is 17.2 Å². The number of rotatable bonds is 6. The minimum atomic E-state index is -3.80. The molecule has 0 spiro atoms. The van der Waals surface area contributed by atoms with Gasteiger partial charge in [0, 0.05) is 5.56 Å². The Hall–Kier alpha value is -1.52. The summed E-state index contributed by atoms with van der Waals surface area (Å²) >= 11 is 4.98. The van der Waals surface area contributed by atoms with Crippen molar-refractivity contribution >= 4 is 19.5 Å². The van der Waals surface area contributed by atoms with Gasteiger partial charge in [0.1, 0.15) is 17.2 Å². The second kappa shape index (κ2) is 7.37. The van der Waals surface area contributed by atoms with Crippen LogP contribution in [0.1, 0.15) is 30.9 Å². The van der Waals surface area contributed by atoms with Gasteiger partial charge in [-0.2, -0.15) is 4.08 Å². The predicted molar refractivity (Wildman–Crippen MR) is 89.2 cm³/mol. The van der Waals surface area contributed by atoms with E-state index in [-0.39, 0.29) is 17.8 Å². The van der Waals surface area contributed by atoms with Crippen LogP contribution in [0.3, 0.4) is 0 Å². The van der Waals surface area contributed by atoms with E-state index in [0.717, 1.165) is 5.56 Å². The quantitative estimate of drug-likeness (QED) is 0.699. The van der Waals surface area contributed by atoms with Crippen LogP contribution >= 0.6 is 19.5 Å². The fraction of sp³-hybridized carbons (Fsp3) is 0.250. The molecule has 0 aliphatic carbocycles. The summed E-state index contributed by atoms with van der Waals surface area (Å²) < 4.78 is 21.2. The fourth-order valence-electron chi connectivity index (χ4n) is 2.11. The molecule has 0 fully saturated rings. The van der Waals surface area contributed by atoms with Crippen LogP contribution in [-0.4, -0.2) is 10.00 Å². The van der Waals surface area contributed by atoms with Gasteiger partial charge in [-0.15, -0.1) is 0 Å². The maximum Gasteiger partial charge on any atom is 0.348 e. The maximum absolute atomic E-state index is 11.4. The Morgan fingerprint density at radius 3 is 2.30 bits per heavy atom. The number of hydrogen-bond acceptors (Lipinski definition) is 4. The van der Waals surface area contributed by atoms with Crippen molar-refractivity contribution in [2.75, 3.05) is 0 Å². The zero-order chi connectivity index (χ0) is 17.0. The zero-order valence-corrected chi connectivity index (χ0v) is 14.4. The largest absolute Gasteiger partial charge is 0.508 e. The lowest BCUT2D eigenvalue weighted by molar-refractivity contribution is 0.392. The number of benzene rings is 2. The van der Waals surface area contributed by atoms with Crippen molar-refractivity contribution in [3.63, 3.8) is 0 Å². The van der Waals surface area contributed by atoms with E-state index in [1.54, 1.807) is 42.5 Å². The van der Waals surface area contributed by atoms with Crippen LogP contribution in [-0.2, 0) is 14.8 Å². The molecule has 0 saturated heterocycles. The molecule has 0 amide bonds. The first-order valence-electron chi connectivity index (χ1n) is 7.02. The zero-order valence-electron chi connectivity index (χ0n) is 12.8. The number of ether oxygens (including phenoxy) is 1. The van der Waals surface area contributed by atoms with E-state index >= 15 is 0 Å². The summed E-state index contributed by atoms with van der Waals surface area (Å²) in [6, 6.07) is 11.8. The van der Waals surface area contributed by atoms with Crippen molar-refractivity contribution < 1.29 is 23.4 Å². The van der Waals surface area contributed by atoms with Gasteiger partial charge in [0.2, 0.25) is 0 Å². The summed E-state index contributed by atoms with van der Waals surface area (Å²) in [5, 5.41) is 9.81. The minimum absolute atomic E-state index is 0.173. The summed E-state index contributed by atoms with van der Waals surface area (Å²) in [6.07, 6.45) is -0.173. The van der Waals surface area contributed by atoms with Crippen LogP contribution in [0, 0.1) is 0 Å². The highest BCUT2D eigenvalue weighted by Gasteiger charge is 2.19. The van der Waals surface area contributed by atoms with Gasteiger partial charge in [0.15, 0.2) is 0 Å². The third kappa shape index (κ3) is 4.98. The first kappa shape index (κ1) is 17.8. The van der Waals surface area contributed by atoms with E-state index in [9.17, 15) is 14.6 Å². The van der Waals surface area contributed by atoms with Gasteiger partial charge in [0.25, 0.3) is 0 Å². The molecule has 2 aromatic carbocycles. The fourth-order valence-corrected chi connectivity index (χ4v) is 2.98. The smallest absolute Gasteiger partial charge is 0.348 e. The highest BCUT2D eigenvalue weighted by atomic mass is 35.5. The van der Waals surface area contributed by atoms with E-state index in [1.165, 1.54) is 0 Å². The summed E-state index contributed by atoms with van der Waals surface area (Å²) in [5.41, 5.74) is 1.41. The van der Waals surface area contributed by atoms with Gasteiger partial charge in [-0.3, -0.25) is 4.57 Å². The molecule has 2 N–H and O–H groups in total. The molecule has 1 atom stereocenters. The lowest BCUT2D eigenvalue weighted by Crippen LogP contribution is -1.92. The van der Waals surface area contributed by atoms with E-state index in [0.29, 0.717) is 17.1 Å². The molecular weight excluding hydrogens is 339 g/mol. The lowest BCUT2D eigenvalue weighted by Gasteiger charge is -2.12. The molecule has 0 aliphatic heterocycles. The molecule has 0 aromatic heterocycles. The van der Waals surface area contributed by atoms with Crippen molar-refractivity contribution in [1.82, 2.24) is 0 Å². The van der Waals surface area contributed by atoms with Gasteiger partial charge < -0.3 is 14.7 Å². The second-order valence-corrected chi connectivity index (χ2v) is 7.63. The van der Waals surface area contributed by atoms with Crippen LogP contribution < -0.4 is 4.74 Å². The molecule has 5 nitrogen and oxygen atoms in total. The molecule has 2 aromatic rings. The van der Waals surface area contributed by atoms with Gasteiger partial charge in [-0.25, -0.2) is 0 Å². The third-order valence-corrected chi connectivity index (χ3v) is 4.90. The Balaban J connectivity index is 2.12. The molecular formula is C16H18ClO5P. The number of halogens is 1. The average Bonchev–Trinajstić information content (AvgIpc) is 2.50. The van der Waals surface area contributed by atoms with Crippen molar-refractivity contribution in [3.8, 4) is 17.2 Å². The van der Waals surface area contributed by atoms with Crippen molar-refractivity contribution in [2.24, 2.45) is 0 Å². The normalized spacial score (nSPS) is 13.8. The molecule has 0 heterocycles. The van der Waals surface area contributed by atoms with Gasteiger partial charge in [-0.05, 0) is 41.8 Å². The Labute approximate surface area is 140 Å². The highest BCUT2D eigenvalue weighted by Crippen LogP contribution is 2.47. The first-order chi connectivity index (χ1) is 10.8. The van der Waals surface area contributed by atoms with Crippen LogP contribution in [0.15, 0.2) is 42.5 Å². The number of aromatic hydroxyl groups is 1. The Morgan fingerprint density at radius 2 is 1.74 bits per heavy atom. The molecule has 0 bridgehead atoms. The standard InChI is InChI=1S/C16H18ClO5P/c1-11(2)15-9-14(7-8-16(15)18)21-13-5-3-12(4-6-13)10-23(19,20)22-17/h3-9,11,18H,10H2,1-2H3,(H,19,20). The molecule has 0 saturated carbocycles. The Bertz CT molecular complexity index is 715. The van der Waals surface area contributed by atoms with Crippen molar-refractivity contribution in [2.45, 2.75) is 25.9 Å². The first-order valence-corrected chi connectivity index (χ1v) is 9.10. The van der Waals surface area contributed by atoms with E-state index in [1.807, 2.05) is 13.8 Å². The average molecular weight is 357 g/mol. The number of phenolic OH excluding ortho intramolecular Hbond substituents is 1. The summed E-state index contributed by atoms with van der Waals surface area (Å²) in [6.45, 7) is 3.97. The molecule has 7 heteroatoms. The number of phenols is 1. The molecule has 23 heavy (non-hydrogen) atoms. The van der Waals surface area contributed by atoms with Crippen LogP contribution in [0.4, 0.5) is 0 Å². The summed E-state index contributed by atoms with van der Waals surface area (Å²) in [5.74, 6) is 1.60. The van der Waals surface area contributed by atoms with Crippen LogP contribution in [0.25, 0.3) is 0 Å². The minimum Gasteiger partial charge on any atom is -0.508 e. The number of hydrogen-bond donors (Lipinski definition) is 2. The predicted octanol–water partition coefficient (Wildman–Crippen LogP) is 5.16. The highest BCUT2D eigenvalue weighted by molar-refractivity contribution is 7.52. The second-order valence-electron chi connectivity index (χ2n) is 5.49. The third-order valence-electron chi connectivity index (χ3n) is 3.27. The molecule has 124 valence electrons. The van der Waals surface area contributed by atoms with E-state index in [2.05, 4.69) is 4.08 Å². The van der Waals surface area contributed by atoms with E-state index in [4.69, 9.17) is 16.6 Å². The lowest BCUT2D eigenvalue weighted by atomic mass is 10.0. The van der Waals surface area contributed by atoms with Crippen LogP contribution in [0.2, 0.25) is 0 Å². The van der Waals surface area contributed by atoms with E-state index < -0.39 is 7.60 Å². The monoisotopic (exact) mass is 356 g/mol. The van der Waals surface area contributed by atoms with Crippen molar-refractivity contribution in [3.05, 3.63) is 53.6 Å². The molecule has 1 unspecified atom stereocenters. The maximum atomic E-state index is 11.4. The Morgan fingerprint density at radius 1 is 1.13 bits per heavy atom. The topological polar surface area (TPSA) is 76.0 Å². The van der Waals surface area contributed by atoms with Crippen molar-refractivity contribution in [1.29, 1.82) is 0 Å². The molecule has 0 aliphatic rings. The van der Waals surface area contributed by atoms with Gasteiger partial charge in [-0.1, -0.05) is 26.0 Å². The molecule has 0 radical (unpaired) electrons. The van der Waals surface area contributed by atoms with Gasteiger partial charge in [0.05, 0.1) is 18.0 Å². The van der Waals surface area contributed by atoms with Gasteiger partial charge >= 0.3 is 7.60 Å².